The van der Waals surface area contributed by atoms with Crippen molar-refractivity contribution in [3.05, 3.63) is 18.5 Å². The van der Waals surface area contributed by atoms with Crippen LogP contribution in [0.2, 0.25) is 0 Å². The van der Waals surface area contributed by atoms with Gasteiger partial charge in [0.25, 0.3) is 0 Å². The normalized spacial score (nSPS) is 15.8. The van der Waals surface area contributed by atoms with Gasteiger partial charge in [-0.3, -0.25) is 4.68 Å². The summed E-state index contributed by atoms with van der Waals surface area (Å²) < 4.78 is 7.14. The van der Waals surface area contributed by atoms with Crippen LogP contribution in [-0.4, -0.2) is 58.5 Å². The highest BCUT2D eigenvalue weighted by Gasteiger charge is 2.22. The van der Waals surface area contributed by atoms with Crippen molar-refractivity contribution < 1.29 is 9.53 Å². The molecule has 1 fully saturated rings. The van der Waals surface area contributed by atoms with Crippen LogP contribution in [-0.2, 0) is 11.8 Å². The number of aromatic nitrogens is 3. The van der Waals surface area contributed by atoms with Crippen LogP contribution in [0.3, 0.4) is 0 Å². The number of rotatable bonds is 3. The van der Waals surface area contributed by atoms with E-state index >= 15 is 0 Å². The highest BCUT2D eigenvalue weighted by Crippen LogP contribution is 2.25. The van der Waals surface area contributed by atoms with Crippen molar-refractivity contribution in [2.45, 2.75) is 20.3 Å². The summed E-state index contributed by atoms with van der Waals surface area (Å²) in [5.41, 5.74) is 2.01. The van der Waals surface area contributed by atoms with Gasteiger partial charge in [-0.2, -0.15) is 5.10 Å². The Labute approximate surface area is 142 Å². The van der Waals surface area contributed by atoms with Crippen molar-refractivity contribution in [2.24, 2.45) is 13.0 Å². The van der Waals surface area contributed by atoms with E-state index in [0.717, 1.165) is 42.8 Å². The summed E-state index contributed by atoms with van der Waals surface area (Å²) in [7, 11) is 1.90. The molecule has 0 unspecified atom stereocenters. The minimum atomic E-state index is -0.202. The molecule has 0 aliphatic carbocycles. The monoisotopic (exact) mass is 331 g/mol. The van der Waals surface area contributed by atoms with E-state index in [0.29, 0.717) is 19.1 Å². The fourth-order valence-electron chi connectivity index (χ4n) is 2.98. The van der Waals surface area contributed by atoms with Crippen molar-refractivity contribution in [1.29, 1.82) is 0 Å². The Morgan fingerprint density at radius 3 is 2.92 bits per heavy atom. The van der Waals surface area contributed by atoms with Gasteiger partial charge in [0, 0.05) is 39.4 Å². The number of nitrogens with zero attached hydrogens (tertiary/aromatic N) is 5. The van der Waals surface area contributed by atoms with Crippen LogP contribution < -0.4 is 4.90 Å². The third-order valence-electron chi connectivity index (χ3n) is 4.25. The van der Waals surface area contributed by atoms with Gasteiger partial charge in [0.2, 0.25) is 0 Å². The van der Waals surface area contributed by atoms with Crippen molar-refractivity contribution in [1.82, 2.24) is 19.7 Å². The van der Waals surface area contributed by atoms with Crippen LogP contribution in [0.15, 0.2) is 18.5 Å². The second-order valence-corrected chi connectivity index (χ2v) is 6.63. The molecule has 130 valence electrons. The van der Waals surface area contributed by atoms with E-state index in [4.69, 9.17) is 4.74 Å². The van der Waals surface area contributed by atoms with Gasteiger partial charge in [-0.05, 0) is 18.4 Å². The number of hydrogen-bond donors (Lipinski definition) is 0. The van der Waals surface area contributed by atoms with Crippen LogP contribution in [0, 0.1) is 5.92 Å². The highest BCUT2D eigenvalue weighted by atomic mass is 16.6. The maximum Gasteiger partial charge on any atom is 0.409 e. The van der Waals surface area contributed by atoms with E-state index in [2.05, 4.69) is 15.0 Å². The number of carbonyl (C=O) groups excluding carboxylic acids is 1. The summed E-state index contributed by atoms with van der Waals surface area (Å²) >= 11 is 0. The quantitative estimate of drug-likeness (QED) is 0.863. The van der Waals surface area contributed by atoms with Crippen LogP contribution in [0.4, 0.5) is 10.5 Å². The Balaban J connectivity index is 1.70. The molecule has 7 nitrogen and oxygen atoms in total. The Morgan fingerprint density at radius 1 is 1.29 bits per heavy atom. The lowest BCUT2D eigenvalue weighted by Crippen LogP contribution is -2.36. The van der Waals surface area contributed by atoms with E-state index in [-0.39, 0.29) is 6.09 Å². The molecule has 3 rings (SSSR count). The third-order valence-corrected chi connectivity index (χ3v) is 4.25. The Kier molecular flexibility index (Phi) is 4.87. The van der Waals surface area contributed by atoms with E-state index < -0.39 is 0 Å². The molecule has 0 saturated carbocycles. The molecule has 7 heteroatoms. The van der Waals surface area contributed by atoms with Crippen molar-refractivity contribution >= 4 is 22.8 Å². The molecule has 24 heavy (non-hydrogen) atoms. The highest BCUT2D eigenvalue weighted by molar-refractivity contribution is 5.89. The minimum Gasteiger partial charge on any atom is -0.449 e. The van der Waals surface area contributed by atoms with Gasteiger partial charge in [-0.15, -0.1) is 0 Å². The molecule has 2 aromatic rings. The van der Waals surface area contributed by atoms with Crippen LogP contribution >= 0.6 is 0 Å². The van der Waals surface area contributed by atoms with Crippen molar-refractivity contribution in [3.63, 3.8) is 0 Å². The van der Waals surface area contributed by atoms with Gasteiger partial charge in [0.15, 0.2) is 5.65 Å². The first kappa shape index (κ1) is 16.5. The first-order valence-electron chi connectivity index (χ1n) is 8.49. The first-order chi connectivity index (χ1) is 11.6. The number of amides is 1. The summed E-state index contributed by atoms with van der Waals surface area (Å²) in [5, 5.41) is 5.35. The van der Waals surface area contributed by atoms with Gasteiger partial charge in [-0.1, -0.05) is 13.8 Å². The predicted octanol–water partition coefficient (Wildman–Crippen LogP) is 2.27. The van der Waals surface area contributed by atoms with Gasteiger partial charge in [-0.25, -0.2) is 9.78 Å². The third kappa shape index (κ3) is 3.44. The van der Waals surface area contributed by atoms with Crippen molar-refractivity contribution in [2.75, 3.05) is 37.7 Å². The van der Waals surface area contributed by atoms with Crippen LogP contribution in [0.1, 0.15) is 20.3 Å². The maximum atomic E-state index is 12.2. The summed E-state index contributed by atoms with van der Waals surface area (Å²) in [4.78, 5) is 20.7. The fraction of sp³-hybridized carbons (Fsp3) is 0.588. The topological polar surface area (TPSA) is 63.5 Å². The largest absolute Gasteiger partial charge is 0.449 e. The lowest BCUT2D eigenvalue weighted by atomic mass is 10.2. The van der Waals surface area contributed by atoms with E-state index in [1.165, 1.54) is 0 Å². The standard InChI is InChI=1S/C17H25N5O2/c1-13(2)12-24-17(23)22-8-4-7-21(9-10-22)15-5-6-18-16-14(15)11-19-20(16)3/h5-6,11,13H,4,7-10,12H2,1-3H3. The van der Waals surface area contributed by atoms with Gasteiger partial charge >= 0.3 is 6.09 Å². The van der Waals surface area contributed by atoms with Gasteiger partial charge < -0.3 is 14.5 Å². The SMILES string of the molecule is CC(C)COC(=O)N1CCCN(c2ccnc3c2cnn3C)CC1. The van der Waals surface area contributed by atoms with Gasteiger partial charge in [0.05, 0.1) is 23.9 Å². The number of carbonyl (C=O) groups is 1. The second-order valence-electron chi connectivity index (χ2n) is 6.63. The number of fused-ring (bicyclic) bond motifs is 1. The molecule has 1 aliphatic rings. The Morgan fingerprint density at radius 2 is 2.12 bits per heavy atom. The van der Waals surface area contributed by atoms with E-state index in [9.17, 15) is 4.79 Å². The summed E-state index contributed by atoms with van der Waals surface area (Å²) in [6.45, 7) is 7.64. The molecule has 0 radical (unpaired) electrons. The molecule has 0 aromatic carbocycles. The molecule has 1 amide bonds. The number of hydrogen-bond acceptors (Lipinski definition) is 5. The molecule has 3 heterocycles. The number of anilines is 1. The minimum absolute atomic E-state index is 0.202. The maximum absolute atomic E-state index is 12.2. The number of pyridine rings is 1. The average molecular weight is 331 g/mol. The molecule has 0 spiro atoms. The fourth-order valence-corrected chi connectivity index (χ4v) is 2.98. The van der Waals surface area contributed by atoms with Crippen molar-refractivity contribution in [3.8, 4) is 0 Å². The Hall–Kier alpha value is -2.31. The molecule has 0 atom stereocenters. The predicted molar refractivity (Wildman–Crippen MR) is 93.1 cm³/mol. The molecular formula is C17H25N5O2. The second kappa shape index (κ2) is 7.07. The first-order valence-corrected chi connectivity index (χ1v) is 8.49. The van der Waals surface area contributed by atoms with Crippen LogP contribution in [0.25, 0.3) is 11.0 Å². The molecule has 1 aliphatic heterocycles. The lowest BCUT2D eigenvalue weighted by molar-refractivity contribution is 0.0943. The zero-order chi connectivity index (χ0) is 17.1. The number of aryl methyl sites for hydroxylation is 1. The van der Waals surface area contributed by atoms with E-state index in [1.807, 2.05) is 44.3 Å². The Bertz CT molecular complexity index is 712. The molecule has 2 aromatic heterocycles. The summed E-state index contributed by atoms with van der Waals surface area (Å²) in [6.07, 6.45) is 4.39. The zero-order valence-corrected chi connectivity index (χ0v) is 14.6. The van der Waals surface area contributed by atoms with Crippen LogP contribution in [0.5, 0.6) is 0 Å². The van der Waals surface area contributed by atoms with E-state index in [1.54, 1.807) is 4.68 Å². The molecular weight excluding hydrogens is 306 g/mol. The lowest BCUT2D eigenvalue weighted by Gasteiger charge is -2.24. The average Bonchev–Trinajstić information content (AvgIpc) is 2.80. The summed E-state index contributed by atoms with van der Waals surface area (Å²) in [5.74, 6) is 0.355. The molecule has 0 bridgehead atoms. The smallest absolute Gasteiger partial charge is 0.409 e. The molecule has 1 saturated heterocycles. The number of ether oxygens (including phenoxy) is 1. The van der Waals surface area contributed by atoms with Gasteiger partial charge in [0.1, 0.15) is 0 Å². The molecule has 0 N–H and O–H groups in total. The zero-order valence-electron chi connectivity index (χ0n) is 14.6. The summed E-state index contributed by atoms with van der Waals surface area (Å²) in [6, 6.07) is 2.02.